The predicted octanol–water partition coefficient (Wildman–Crippen LogP) is 2.42. The standard InChI is InChI=1S/C18H26N4O2/c1-12(2)22-18-16(11-19-22)13(3)15(14(4)20-18)5-6-17(23)21-7-9-24-10-8-21/h11-12H,5-10H2,1-4H3. The number of morpholine rings is 1. The Morgan fingerprint density at radius 2 is 2.00 bits per heavy atom. The molecular formula is C18H26N4O2. The molecule has 0 bridgehead atoms. The van der Waals surface area contributed by atoms with Crippen molar-refractivity contribution >= 4 is 16.9 Å². The molecule has 130 valence electrons. The normalized spacial score (nSPS) is 15.5. The van der Waals surface area contributed by atoms with Gasteiger partial charge in [-0.2, -0.15) is 5.10 Å². The van der Waals surface area contributed by atoms with Crippen LogP contribution in [0.25, 0.3) is 11.0 Å². The molecule has 3 rings (SSSR count). The Labute approximate surface area is 142 Å². The monoisotopic (exact) mass is 330 g/mol. The molecule has 1 aliphatic rings. The summed E-state index contributed by atoms with van der Waals surface area (Å²) < 4.78 is 7.26. The third-order valence-corrected chi connectivity index (χ3v) is 4.78. The zero-order chi connectivity index (χ0) is 17.3. The van der Waals surface area contributed by atoms with Crippen molar-refractivity contribution in [3.63, 3.8) is 0 Å². The number of carbonyl (C=O) groups excluding carboxylic acids is 1. The minimum absolute atomic E-state index is 0.204. The second-order valence-corrected chi connectivity index (χ2v) is 6.71. The van der Waals surface area contributed by atoms with Crippen LogP contribution in [-0.4, -0.2) is 51.9 Å². The van der Waals surface area contributed by atoms with E-state index in [-0.39, 0.29) is 11.9 Å². The number of fused-ring (bicyclic) bond motifs is 1. The number of pyridine rings is 1. The van der Waals surface area contributed by atoms with Crippen molar-refractivity contribution in [2.24, 2.45) is 0 Å². The highest BCUT2D eigenvalue weighted by Crippen LogP contribution is 2.25. The molecule has 6 nitrogen and oxygen atoms in total. The molecule has 0 aromatic carbocycles. The SMILES string of the molecule is Cc1nc2c(cnn2C(C)C)c(C)c1CCC(=O)N1CCOCC1. The molecule has 0 saturated carbocycles. The summed E-state index contributed by atoms with van der Waals surface area (Å²) in [6.45, 7) is 11.0. The largest absolute Gasteiger partial charge is 0.378 e. The molecule has 0 N–H and O–H groups in total. The highest BCUT2D eigenvalue weighted by Gasteiger charge is 2.19. The van der Waals surface area contributed by atoms with Gasteiger partial charge in [0.2, 0.25) is 5.91 Å². The Morgan fingerprint density at radius 1 is 1.29 bits per heavy atom. The number of ether oxygens (including phenoxy) is 1. The van der Waals surface area contributed by atoms with Gasteiger partial charge in [-0.05, 0) is 45.2 Å². The van der Waals surface area contributed by atoms with E-state index in [1.54, 1.807) is 0 Å². The molecule has 2 aromatic heterocycles. The van der Waals surface area contributed by atoms with Crippen LogP contribution >= 0.6 is 0 Å². The molecule has 1 amide bonds. The molecular weight excluding hydrogens is 304 g/mol. The molecule has 0 aliphatic carbocycles. The maximum absolute atomic E-state index is 12.4. The lowest BCUT2D eigenvalue weighted by atomic mass is 10.00. The summed E-state index contributed by atoms with van der Waals surface area (Å²) in [5.41, 5.74) is 4.30. The molecule has 6 heteroatoms. The summed E-state index contributed by atoms with van der Waals surface area (Å²) in [5.74, 6) is 0.204. The number of hydrogen-bond donors (Lipinski definition) is 0. The predicted molar refractivity (Wildman–Crippen MR) is 93.1 cm³/mol. The number of aryl methyl sites for hydroxylation is 2. The van der Waals surface area contributed by atoms with Crippen LogP contribution in [0.15, 0.2) is 6.20 Å². The molecule has 0 atom stereocenters. The van der Waals surface area contributed by atoms with Gasteiger partial charge in [0.05, 0.1) is 19.4 Å². The molecule has 1 saturated heterocycles. The van der Waals surface area contributed by atoms with Crippen molar-refractivity contribution in [3.8, 4) is 0 Å². The van der Waals surface area contributed by atoms with E-state index in [0.29, 0.717) is 32.7 Å². The zero-order valence-corrected chi connectivity index (χ0v) is 15.0. The first-order valence-corrected chi connectivity index (χ1v) is 8.68. The highest BCUT2D eigenvalue weighted by atomic mass is 16.5. The average molecular weight is 330 g/mol. The van der Waals surface area contributed by atoms with E-state index in [0.717, 1.165) is 23.1 Å². The van der Waals surface area contributed by atoms with Gasteiger partial charge in [-0.1, -0.05) is 0 Å². The summed E-state index contributed by atoms with van der Waals surface area (Å²) in [5, 5.41) is 5.56. The van der Waals surface area contributed by atoms with Gasteiger partial charge in [0.25, 0.3) is 0 Å². The van der Waals surface area contributed by atoms with Crippen molar-refractivity contribution in [1.82, 2.24) is 19.7 Å². The third-order valence-electron chi connectivity index (χ3n) is 4.78. The lowest BCUT2D eigenvalue weighted by Crippen LogP contribution is -2.40. The van der Waals surface area contributed by atoms with Crippen LogP contribution in [0, 0.1) is 13.8 Å². The van der Waals surface area contributed by atoms with E-state index >= 15 is 0 Å². The minimum Gasteiger partial charge on any atom is -0.378 e. The fourth-order valence-electron chi connectivity index (χ4n) is 3.34. The van der Waals surface area contributed by atoms with Gasteiger partial charge >= 0.3 is 0 Å². The van der Waals surface area contributed by atoms with Gasteiger partial charge in [-0.15, -0.1) is 0 Å². The van der Waals surface area contributed by atoms with Crippen LogP contribution in [-0.2, 0) is 16.0 Å². The van der Waals surface area contributed by atoms with Gasteiger partial charge in [-0.25, -0.2) is 9.67 Å². The smallest absolute Gasteiger partial charge is 0.223 e. The Balaban J connectivity index is 1.80. The van der Waals surface area contributed by atoms with Crippen LogP contribution < -0.4 is 0 Å². The van der Waals surface area contributed by atoms with Gasteiger partial charge in [0, 0.05) is 36.6 Å². The molecule has 1 aliphatic heterocycles. The molecule has 0 spiro atoms. The van der Waals surface area contributed by atoms with Crippen molar-refractivity contribution < 1.29 is 9.53 Å². The second-order valence-electron chi connectivity index (χ2n) is 6.71. The molecule has 2 aromatic rings. The lowest BCUT2D eigenvalue weighted by molar-refractivity contribution is -0.135. The van der Waals surface area contributed by atoms with Crippen LogP contribution in [0.1, 0.15) is 43.1 Å². The van der Waals surface area contributed by atoms with E-state index < -0.39 is 0 Å². The molecule has 24 heavy (non-hydrogen) atoms. The Morgan fingerprint density at radius 3 is 2.67 bits per heavy atom. The van der Waals surface area contributed by atoms with E-state index in [2.05, 4.69) is 25.9 Å². The van der Waals surface area contributed by atoms with Crippen LogP contribution in [0.2, 0.25) is 0 Å². The van der Waals surface area contributed by atoms with E-state index in [4.69, 9.17) is 9.72 Å². The summed E-state index contributed by atoms with van der Waals surface area (Å²) in [6, 6.07) is 0.280. The van der Waals surface area contributed by atoms with Gasteiger partial charge in [-0.3, -0.25) is 4.79 Å². The zero-order valence-electron chi connectivity index (χ0n) is 15.0. The molecule has 0 unspecified atom stereocenters. The first kappa shape index (κ1) is 16.9. The Bertz CT molecular complexity index is 745. The van der Waals surface area contributed by atoms with Crippen LogP contribution in [0.5, 0.6) is 0 Å². The number of aromatic nitrogens is 3. The minimum atomic E-state index is 0.204. The average Bonchev–Trinajstić information content (AvgIpc) is 2.99. The molecule has 3 heterocycles. The Kier molecular flexibility index (Phi) is 4.85. The number of nitrogens with zero attached hydrogens (tertiary/aromatic N) is 4. The van der Waals surface area contributed by atoms with Crippen LogP contribution in [0.4, 0.5) is 0 Å². The molecule has 0 radical (unpaired) electrons. The summed E-state index contributed by atoms with van der Waals surface area (Å²) >= 11 is 0. The summed E-state index contributed by atoms with van der Waals surface area (Å²) in [6.07, 6.45) is 3.14. The van der Waals surface area contributed by atoms with Gasteiger partial charge in [0.15, 0.2) is 5.65 Å². The van der Waals surface area contributed by atoms with Gasteiger partial charge in [0.1, 0.15) is 0 Å². The van der Waals surface area contributed by atoms with Crippen molar-refractivity contribution in [3.05, 3.63) is 23.0 Å². The van der Waals surface area contributed by atoms with E-state index in [9.17, 15) is 4.79 Å². The number of amides is 1. The van der Waals surface area contributed by atoms with Crippen molar-refractivity contribution in [1.29, 1.82) is 0 Å². The number of hydrogen-bond acceptors (Lipinski definition) is 4. The topological polar surface area (TPSA) is 60.2 Å². The van der Waals surface area contributed by atoms with Crippen LogP contribution in [0.3, 0.4) is 0 Å². The summed E-state index contributed by atoms with van der Waals surface area (Å²) in [7, 11) is 0. The highest BCUT2D eigenvalue weighted by molar-refractivity contribution is 5.81. The maximum Gasteiger partial charge on any atom is 0.223 e. The second kappa shape index (κ2) is 6.89. The van der Waals surface area contributed by atoms with Gasteiger partial charge < -0.3 is 9.64 Å². The number of rotatable bonds is 4. The first-order chi connectivity index (χ1) is 11.5. The van der Waals surface area contributed by atoms with E-state index in [1.807, 2.05) is 22.7 Å². The third kappa shape index (κ3) is 3.15. The fraction of sp³-hybridized carbons (Fsp3) is 0.611. The Hall–Kier alpha value is -1.95. The number of carbonyl (C=O) groups is 1. The van der Waals surface area contributed by atoms with Crippen molar-refractivity contribution in [2.75, 3.05) is 26.3 Å². The lowest BCUT2D eigenvalue weighted by Gasteiger charge is -2.27. The summed E-state index contributed by atoms with van der Waals surface area (Å²) in [4.78, 5) is 19.0. The first-order valence-electron chi connectivity index (χ1n) is 8.68. The fourth-order valence-corrected chi connectivity index (χ4v) is 3.34. The van der Waals surface area contributed by atoms with E-state index in [1.165, 1.54) is 11.1 Å². The quantitative estimate of drug-likeness (QED) is 0.864. The van der Waals surface area contributed by atoms with Crippen molar-refractivity contribution in [2.45, 2.75) is 46.6 Å². The maximum atomic E-state index is 12.4. The molecule has 1 fully saturated rings.